The second-order valence-corrected chi connectivity index (χ2v) is 6.84. The van der Waals surface area contributed by atoms with Gasteiger partial charge in [-0.05, 0) is 36.8 Å². The minimum atomic E-state index is -0.948. The molecule has 2 N–H and O–H groups in total. The van der Waals surface area contributed by atoms with E-state index in [4.69, 9.17) is 0 Å². The van der Waals surface area contributed by atoms with E-state index >= 15 is 0 Å². The molecule has 0 aromatic carbocycles. The van der Waals surface area contributed by atoms with Gasteiger partial charge in [-0.15, -0.1) is 11.3 Å². The first kappa shape index (κ1) is 15.9. The molecule has 3 rings (SSSR count). The number of carbonyl (C=O) groups is 1. The van der Waals surface area contributed by atoms with Crippen LogP contribution in [0, 0.1) is 6.92 Å². The van der Waals surface area contributed by atoms with E-state index in [0.29, 0.717) is 17.8 Å². The van der Waals surface area contributed by atoms with Gasteiger partial charge in [-0.25, -0.2) is 4.98 Å². The SMILES string of the molecule is Cc1ccsc1C(=O)NC[C@]1(O)CCCN(c2cnccn2)C1. The highest BCUT2D eigenvalue weighted by atomic mass is 32.1. The molecule has 122 valence electrons. The number of thiophene rings is 1. The number of nitrogens with zero attached hydrogens (tertiary/aromatic N) is 3. The Hall–Kier alpha value is -1.99. The molecule has 2 aromatic heterocycles. The lowest BCUT2D eigenvalue weighted by atomic mass is 9.92. The van der Waals surface area contributed by atoms with E-state index in [9.17, 15) is 9.90 Å². The van der Waals surface area contributed by atoms with Gasteiger partial charge in [0.1, 0.15) is 5.82 Å². The monoisotopic (exact) mass is 332 g/mol. The largest absolute Gasteiger partial charge is 0.386 e. The first-order valence-electron chi connectivity index (χ1n) is 7.63. The lowest BCUT2D eigenvalue weighted by Crippen LogP contribution is -2.54. The van der Waals surface area contributed by atoms with Gasteiger partial charge in [-0.2, -0.15) is 0 Å². The van der Waals surface area contributed by atoms with Crippen LogP contribution in [-0.4, -0.2) is 46.2 Å². The van der Waals surface area contributed by atoms with Gasteiger partial charge in [0.05, 0.1) is 16.7 Å². The van der Waals surface area contributed by atoms with Crippen molar-refractivity contribution >= 4 is 23.1 Å². The van der Waals surface area contributed by atoms with Crippen LogP contribution in [-0.2, 0) is 0 Å². The molecular formula is C16H20N4O2S. The van der Waals surface area contributed by atoms with Crippen molar-refractivity contribution in [1.29, 1.82) is 0 Å². The molecule has 1 aliphatic heterocycles. The van der Waals surface area contributed by atoms with E-state index in [-0.39, 0.29) is 12.5 Å². The van der Waals surface area contributed by atoms with Crippen LogP contribution >= 0.6 is 11.3 Å². The summed E-state index contributed by atoms with van der Waals surface area (Å²) in [7, 11) is 0. The van der Waals surface area contributed by atoms with Gasteiger partial charge in [0, 0.05) is 32.0 Å². The van der Waals surface area contributed by atoms with Crippen molar-refractivity contribution in [2.24, 2.45) is 0 Å². The molecule has 0 radical (unpaired) electrons. The molecule has 1 saturated heterocycles. The van der Waals surface area contributed by atoms with Crippen molar-refractivity contribution in [3.63, 3.8) is 0 Å². The van der Waals surface area contributed by atoms with E-state index in [1.807, 2.05) is 23.3 Å². The zero-order valence-corrected chi connectivity index (χ0v) is 13.8. The summed E-state index contributed by atoms with van der Waals surface area (Å²) in [5.74, 6) is 0.633. The second kappa shape index (κ2) is 6.64. The lowest BCUT2D eigenvalue weighted by molar-refractivity contribution is 0.0254. The first-order chi connectivity index (χ1) is 11.1. The number of nitrogens with one attached hydrogen (secondary N) is 1. The van der Waals surface area contributed by atoms with Crippen LogP contribution in [0.5, 0.6) is 0 Å². The number of rotatable bonds is 4. The predicted octanol–water partition coefficient (Wildman–Crippen LogP) is 1.61. The summed E-state index contributed by atoms with van der Waals surface area (Å²) in [4.78, 5) is 23.3. The zero-order valence-electron chi connectivity index (χ0n) is 13.0. The number of amides is 1. The minimum absolute atomic E-state index is 0.123. The molecule has 1 aliphatic rings. The highest BCUT2D eigenvalue weighted by Crippen LogP contribution is 2.24. The minimum Gasteiger partial charge on any atom is -0.386 e. The molecule has 23 heavy (non-hydrogen) atoms. The molecule has 1 fully saturated rings. The molecule has 1 amide bonds. The number of β-amino-alcohol motifs (C(OH)–C–C–N with tert-alkyl or cyclic N) is 1. The first-order valence-corrected chi connectivity index (χ1v) is 8.51. The topological polar surface area (TPSA) is 78.4 Å². The Morgan fingerprint density at radius 1 is 1.52 bits per heavy atom. The summed E-state index contributed by atoms with van der Waals surface area (Å²) in [6, 6.07) is 1.92. The maximum atomic E-state index is 12.2. The number of carbonyl (C=O) groups excluding carboxylic acids is 1. The van der Waals surface area contributed by atoms with Gasteiger partial charge in [0.2, 0.25) is 0 Å². The van der Waals surface area contributed by atoms with Gasteiger partial charge in [-0.3, -0.25) is 9.78 Å². The van der Waals surface area contributed by atoms with Crippen molar-refractivity contribution < 1.29 is 9.90 Å². The normalized spacial score (nSPS) is 21.2. The summed E-state index contributed by atoms with van der Waals surface area (Å²) in [5, 5.41) is 15.6. The Kier molecular flexibility index (Phi) is 4.58. The summed E-state index contributed by atoms with van der Waals surface area (Å²) in [5.41, 5.74) is 0.0145. The Morgan fingerprint density at radius 3 is 3.09 bits per heavy atom. The molecule has 6 nitrogen and oxygen atoms in total. The third kappa shape index (κ3) is 3.68. The van der Waals surface area contributed by atoms with E-state index in [2.05, 4.69) is 15.3 Å². The van der Waals surface area contributed by atoms with E-state index < -0.39 is 5.60 Å². The fourth-order valence-electron chi connectivity index (χ4n) is 2.84. The van der Waals surface area contributed by atoms with E-state index in [1.54, 1.807) is 18.6 Å². The van der Waals surface area contributed by atoms with Gasteiger partial charge in [0.15, 0.2) is 0 Å². The second-order valence-electron chi connectivity index (χ2n) is 5.93. The predicted molar refractivity (Wildman–Crippen MR) is 89.8 cm³/mol. The Bertz CT molecular complexity index is 676. The summed E-state index contributed by atoms with van der Waals surface area (Å²) < 4.78 is 0. The molecule has 0 bridgehead atoms. The number of aryl methyl sites for hydroxylation is 1. The summed E-state index contributed by atoms with van der Waals surface area (Å²) in [6.07, 6.45) is 6.47. The average Bonchev–Trinajstić information content (AvgIpc) is 3.00. The number of piperidine rings is 1. The smallest absolute Gasteiger partial charge is 0.261 e. The standard InChI is InChI=1S/C16H20N4O2S/c1-12-3-8-23-14(12)15(21)19-10-16(22)4-2-7-20(11-16)13-9-17-5-6-18-13/h3,5-6,8-9,22H,2,4,7,10-11H2,1H3,(H,19,21)/t16-/m1/s1. The average molecular weight is 332 g/mol. The molecule has 0 aliphatic carbocycles. The molecule has 0 spiro atoms. The third-order valence-corrected chi connectivity index (χ3v) is 5.09. The highest BCUT2D eigenvalue weighted by Gasteiger charge is 2.34. The fourth-order valence-corrected chi connectivity index (χ4v) is 3.68. The molecule has 2 aromatic rings. The van der Waals surface area contributed by atoms with Crippen LogP contribution in [0.1, 0.15) is 28.1 Å². The van der Waals surface area contributed by atoms with Crippen LogP contribution in [0.2, 0.25) is 0 Å². The molecule has 7 heteroatoms. The Labute approximate surface area is 139 Å². The molecule has 1 atom stereocenters. The van der Waals surface area contributed by atoms with E-state index in [1.165, 1.54) is 11.3 Å². The van der Waals surface area contributed by atoms with Crippen LogP contribution in [0.3, 0.4) is 0 Å². The maximum absolute atomic E-state index is 12.2. The summed E-state index contributed by atoms with van der Waals surface area (Å²) in [6.45, 7) is 3.42. The number of aliphatic hydroxyl groups is 1. The molecule has 0 saturated carbocycles. The van der Waals surface area contributed by atoms with Crippen LogP contribution in [0.4, 0.5) is 5.82 Å². The van der Waals surface area contributed by atoms with Crippen molar-refractivity contribution in [3.8, 4) is 0 Å². The zero-order chi connectivity index (χ0) is 16.3. The Balaban J connectivity index is 1.62. The van der Waals surface area contributed by atoms with Crippen molar-refractivity contribution in [3.05, 3.63) is 40.5 Å². The molecular weight excluding hydrogens is 312 g/mol. The van der Waals surface area contributed by atoms with Crippen LogP contribution in [0.25, 0.3) is 0 Å². The molecule has 3 heterocycles. The Morgan fingerprint density at radius 2 is 2.39 bits per heavy atom. The summed E-state index contributed by atoms with van der Waals surface area (Å²) >= 11 is 1.42. The van der Waals surface area contributed by atoms with Gasteiger partial charge < -0.3 is 15.3 Å². The fraction of sp³-hybridized carbons (Fsp3) is 0.438. The highest BCUT2D eigenvalue weighted by molar-refractivity contribution is 7.12. The van der Waals surface area contributed by atoms with Gasteiger partial charge >= 0.3 is 0 Å². The molecule has 0 unspecified atom stereocenters. The van der Waals surface area contributed by atoms with E-state index in [0.717, 1.165) is 24.3 Å². The quantitative estimate of drug-likeness (QED) is 0.889. The number of anilines is 1. The van der Waals surface area contributed by atoms with Crippen LogP contribution in [0.15, 0.2) is 30.0 Å². The van der Waals surface area contributed by atoms with Gasteiger partial charge in [0.25, 0.3) is 5.91 Å². The lowest BCUT2D eigenvalue weighted by Gasteiger charge is -2.39. The number of aromatic nitrogens is 2. The van der Waals surface area contributed by atoms with Crippen molar-refractivity contribution in [2.45, 2.75) is 25.4 Å². The van der Waals surface area contributed by atoms with Gasteiger partial charge in [-0.1, -0.05) is 0 Å². The van der Waals surface area contributed by atoms with Crippen molar-refractivity contribution in [2.75, 3.05) is 24.5 Å². The maximum Gasteiger partial charge on any atom is 0.261 e. The van der Waals surface area contributed by atoms with Crippen LogP contribution < -0.4 is 10.2 Å². The number of hydrogen-bond acceptors (Lipinski definition) is 6. The number of hydrogen-bond donors (Lipinski definition) is 2. The third-order valence-electron chi connectivity index (χ3n) is 4.08. The van der Waals surface area contributed by atoms with Crippen molar-refractivity contribution in [1.82, 2.24) is 15.3 Å².